The first-order valence-corrected chi connectivity index (χ1v) is 8.43. The zero-order chi connectivity index (χ0) is 14.4. The molecule has 0 saturated heterocycles. The van der Waals surface area contributed by atoms with Crippen LogP contribution in [0.3, 0.4) is 0 Å². The Kier molecular flexibility index (Phi) is 5.93. The molecular weight excluding hydrogens is 334 g/mol. The predicted molar refractivity (Wildman–Crippen MR) is 92.4 cm³/mol. The van der Waals surface area contributed by atoms with Gasteiger partial charge in [0.15, 0.2) is 0 Å². The quantitative estimate of drug-likeness (QED) is 0.562. The molecule has 0 aliphatic heterocycles. The van der Waals surface area contributed by atoms with Gasteiger partial charge in [-0.05, 0) is 36.2 Å². The van der Waals surface area contributed by atoms with Gasteiger partial charge in [0, 0.05) is 28.3 Å². The SMILES string of the molecule is CCCCN(c1ccccc1)c1cc(Cl)ccc1CBr. The molecule has 0 bridgehead atoms. The van der Waals surface area contributed by atoms with E-state index in [0.29, 0.717) is 0 Å². The van der Waals surface area contributed by atoms with E-state index in [1.807, 2.05) is 12.1 Å². The van der Waals surface area contributed by atoms with Crippen molar-refractivity contribution < 1.29 is 0 Å². The second kappa shape index (κ2) is 7.70. The lowest BCUT2D eigenvalue weighted by molar-refractivity contribution is 0.784. The van der Waals surface area contributed by atoms with Crippen LogP contribution >= 0.6 is 27.5 Å². The Morgan fingerprint density at radius 2 is 1.85 bits per heavy atom. The molecule has 0 fully saturated rings. The van der Waals surface area contributed by atoms with Crippen LogP contribution in [0.25, 0.3) is 0 Å². The van der Waals surface area contributed by atoms with Gasteiger partial charge in [-0.2, -0.15) is 0 Å². The minimum Gasteiger partial charge on any atom is -0.341 e. The smallest absolute Gasteiger partial charge is 0.0466 e. The summed E-state index contributed by atoms with van der Waals surface area (Å²) < 4.78 is 0. The first-order valence-electron chi connectivity index (χ1n) is 6.93. The Labute approximate surface area is 134 Å². The van der Waals surface area contributed by atoms with Gasteiger partial charge in [-0.3, -0.25) is 0 Å². The third-order valence-electron chi connectivity index (χ3n) is 3.29. The van der Waals surface area contributed by atoms with Crippen LogP contribution in [0, 0.1) is 0 Å². The number of nitrogens with zero attached hydrogens (tertiary/aromatic N) is 1. The molecule has 0 aliphatic rings. The Balaban J connectivity index is 2.43. The summed E-state index contributed by atoms with van der Waals surface area (Å²) in [4.78, 5) is 2.35. The van der Waals surface area contributed by atoms with E-state index in [9.17, 15) is 0 Å². The van der Waals surface area contributed by atoms with Crippen molar-refractivity contribution in [3.8, 4) is 0 Å². The van der Waals surface area contributed by atoms with Crippen molar-refractivity contribution in [2.45, 2.75) is 25.1 Å². The highest BCUT2D eigenvalue weighted by Gasteiger charge is 2.13. The molecule has 2 aromatic carbocycles. The van der Waals surface area contributed by atoms with Gasteiger partial charge in [0.1, 0.15) is 0 Å². The standard InChI is InChI=1S/C17H19BrClN/c1-2-3-11-20(16-7-5-4-6-8-16)17-12-15(19)10-9-14(17)13-18/h4-10,12H,2-3,11,13H2,1H3. The highest BCUT2D eigenvalue weighted by molar-refractivity contribution is 9.08. The van der Waals surface area contributed by atoms with Crippen LogP contribution in [0.15, 0.2) is 48.5 Å². The molecule has 0 saturated carbocycles. The van der Waals surface area contributed by atoms with Gasteiger partial charge in [0.2, 0.25) is 0 Å². The normalized spacial score (nSPS) is 10.6. The molecule has 2 rings (SSSR count). The Hall–Kier alpha value is -0.990. The Bertz CT molecular complexity index is 542. The zero-order valence-corrected chi connectivity index (χ0v) is 14.0. The molecular formula is C17H19BrClN. The van der Waals surface area contributed by atoms with Crippen molar-refractivity contribution in [2.75, 3.05) is 11.4 Å². The molecule has 0 unspecified atom stereocenters. The van der Waals surface area contributed by atoms with Crippen molar-refractivity contribution in [3.63, 3.8) is 0 Å². The number of benzene rings is 2. The van der Waals surface area contributed by atoms with Gasteiger partial charge in [0.05, 0.1) is 0 Å². The molecule has 2 aromatic rings. The van der Waals surface area contributed by atoms with Crippen LogP contribution in [0.4, 0.5) is 11.4 Å². The molecule has 0 amide bonds. The summed E-state index contributed by atoms with van der Waals surface area (Å²) in [7, 11) is 0. The molecule has 1 nitrogen and oxygen atoms in total. The topological polar surface area (TPSA) is 3.24 Å². The summed E-state index contributed by atoms with van der Waals surface area (Å²) in [5.41, 5.74) is 3.66. The second-order valence-electron chi connectivity index (χ2n) is 4.75. The molecule has 0 heterocycles. The maximum atomic E-state index is 6.20. The van der Waals surface area contributed by atoms with E-state index in [-0.39, 0.29) is 0 Å². The number of hydrogen-bond donors (Lipinski definition) is 0. The molecule has 20 heavy (non-hydrogen) atoms. The lowest BCUT2D eigenvalue weighted by atomic mass is 10.1. The maximum absolute atomic E-state index is 6.20. The summed E-state index contributed by atoms with van der Waals surface area (Å²) in [6, 6.07) is 16.6. The summed E-state index contributed by atoms with van der Waals surface area (Å²) in [5.74, 6) is 0. The highest BCUT2D eigenvalue weighted by Crippen LogP contribution is 2.32. The van der Waals surface area contributed by atoms with E-state index in [2.05, 4.69) is 64.2 Å². The maximum Gasteiger partial charge on any atom is 0.0466 e. The Morgan fingerprint density at radius 1 is 1.10 bits per heavy atom. The summed E-state index contributed by atoms with van der Waals surface area (Å²) in [6.07, 6.45) is 2.33. The minimum atomic E-state index is 0.780. The average molecular weight is 353 g/mol. The number of anilines is 2. The molecule has 0 atom stereocenters. The van der Waals surface area contributed by atoms with Crippen molar-refractivity contribution in [1.29, 1.82) is 0 Å². The van der Waals surface area contributed by atoms with Crippen LogP contribution in [0.1, 0.15) is 25.3 Å². The number of hydrogen-bond acceptors (Lipinski definition) is 1. The Morgan fingerprint density at radius 3 is 2.50 bits per heavy atom. The fraction of sp³-hybridized carbons (Fsp3) is 0.294. The first-order chi connectivity index (χ1) is 9.76. The number of rotatable bonds is 6. The van der Waals surface area contributed by atoms with E-state index in [1.165, 1.54) is 23.4 Å². The third kappa shape index (κ3) is 3.77. The number of halogens is 2. The molecule has 0 aliphatic carbocycles. The number of para-hydroxylation sites is 1. The lowest BCUT2D eigenvalue weighted by Gasteiger charge is -2.27. The molecule has 0 radical (unpaired) electrons. The van der Waals surface area contributed by atoms with Gasteiger partial charge < -0.3 is 4.90 Å². The largest absolute Gasteiger partial charge is 0.341 e. The van der Waals surface area contributed by atoms with Crippen LogP contribution in [-0.4, -0.2) is 6.54 Å². The number of alkyl halides is 1. The van der Waals surface area contributed by atoms with Gasteiger partial charge in [-0.1, -0.05) is 65.1 Å². The van der Waals surface area contributed by atoms with Gasteiger partial charge in [-0.25, -0.2) is 0 Å². The van der Waals surface area contributed by atoms with Crippen LogP contribution in [0.5, 0.6) is 0 Å². The molecule has 0 spiro atoms. The molecule has 0 aromatic heterocycles. The van der Waals surface area contributed by atoms with Gasteiger partial charge in [-0.15, -0.1) is 0 Å². The van der Waals surface area contributed by atoms with Crippen molar-refractivity contribution in [2.24, 2.45) is 0 Å². The van der Waals surface area contributed by atoms with Gasteiger partial charge in [0.25, 0.3) is 0 Å². The monoisotopic (exact) mass is 351 g/mol. The minimum absolute atomic E-state index is 0.780. The van der Waals surface area contributed by atoms with Crippen LogP contribution in [0.2, 0.25) is 5.02 Å². The number of unbranched alkanes of at least 4 members (excludes halogenated alkanes) is 1. The zero-order valence-electron chi connectivity index (χ0n) is 11.7. The van der Waals surface area contributed by atoms with E-state index in [0.717, 1.165) is 23.3 Å². The van der Waals surface area contributed by atoms with Crippen molar-refractivity contribution >= 4 is 38.9 Å². The summed E-state index contributed by atoms with van der Waals surface area (Å²) in [6.45, 7) is 3.22. The highest BCUT2D eigenvalue weighted by atomic mass is 79.9. The van der Waals surface area contributed by atoms with Crippen LogP contribution < -0.4 is 4.90 Å². The fourth-order valence-electron chi connectivity index (χ4n) is 2.21. The lowest BCUT2D eigenvalue weighted by Crippen LogP contribution is -2.19. The second-order valence-corrected chi connectivity index (χ2v) is 5.74. The first kappa shape index (κ1) is 15.4. The molecule has 3 heteroatoms. The van der Waals surface area contributed by atoms with Crippen molar-refractivity contribution in [1.82, 2.24) is 0 Å². The van der Waals surface area contributed by atoms with E-state index >= 15 is 0 Å². The predicted octanol–water partition coefficient (Wildman–Crippen LogP) is 6.17. The summed E-state index contributed by atoms with van der Waals surface area (Å²) in [5, 5.41) is 1.61. The third-order valence-corrected chi connectivity index (χ3v) is 4.12. The molecule has 106 valence electrons. The summed E-state index contributed by atoms with van der Waals surface area (Å²) >= 11 is 9.77. The van der Waals surface area contributed by atoms with Crippen LogP contribution in [-0.2, 0) is 5.33 Å². The van der Waals surface area contributed by atoms with E-state index in [1.54, 1.807) is 0 Å². The van der Waals surface area contributed by atoms with Crippen molar-refractivity contribution in [3.05, 3.63) is 59.1 Å². The van der Waals surface area contributed by atoms with E-state index in [4.69, 9.17) is 11.6 Å². The fourth-order valence-corrected chi connectivity index (χ4v) is 2.85. The molecule has 0 N–H and O–H groups in total. The average Bonchev–Trinajstić information content (AvgIpc) is 2.49. The van der Waals surface area contributed by atoms with Gasteiger partial charge >= 0.3 is 0 Å². The van der Waals surface area contributed by atoms with E-state index < -0.39 is 0 Å².